The van der Waals surface area contributed by atoms with Crippen molar-refractivity contribution in [2.24, 2.45) is 11.8 Å². The lowest BCUT2D eigenvalue weighted by Gasteiger charge is -2.59. The van der Waals surface area contributed by atoms with Gasteiger partial charge in [-0.05, 0) is 80.3 Å². The zero-order valence-corrected chi connectivity index (χ0v) is 17.1. The highest BCUT2D eigenvalue weighted by molar-refractivity contribution is 5.45. The number of benzene rings is 1. The van der Waals surface area contributed by atoms with E-state index < -0.39 is 0 Å². The highest BCUT2D eigenvalue weighted by Crippen LogP contribution is 2.56. The predicted molar refractivity (Wildman–Crippen MR) is 109 cm³/mol. The second kappa shape index (κ2) is 7.54. The van der Waals surface area contributed by atoms with Gasteiger partial charge in [0.25, 0.3) is 0 Å². The Labute approximate surface area is 160 Å². The molecule has 2 bridgehead atoms. The summed E-state index contributed by atoms with van der Waals surface area (Å²) >= 11 is 0. The molecule has 3 aliphatic rings. The number of hydrogen-bond acceptors (Lipinski definition) is 2. The molecular formula is C24H37NO. The van der Waals surface area contributed by atoms with Crippen LogP contribution < -0.4 is 4.74 Å². The zero-order chi connectivity index (χ0) is 18.1. The van der Waals surface area contributed by atoms with Crippen molar-refractivity contribution in [3.8, 4) is 5.75 Å². The van der Waals surface area contributed by atoms with Crippen LogP contribution >= 0.6 is 0 Å². The van der Waals surface area contributed by atoms with Gasteiger partial charge in [0.1, 0.15) is 5.75 Å². The van der Waals surface area contributed by atoms with Gasteiger partial charge in [-0.15, -0.1) is 0 Å². The Bertz CT molecular complexity index is 623. The second-order valence-electron chi connectivity index (χ2n) is 9.06. The van der Waals surface area contributed by atoms with Gasteiger partial charge in [0.2, 0.25) is 0 Å². The molecule has 0 unspecified atom stereocenters. The fourth-order valence-electron chi connectivity index (χ4n) is 6.51. The van der Waals surface area contributed by atoms with Crippen LogP contribution in [0, 0.1) is 11.8 Å². The van der Waals surface area contributed by atoms with E-state index in [1.165, 1.54) is 70.9 Å². The summed E-state index contributed by atoms with van der Waals surface area (Å²) in [7, 11) is 1.81. The van der Waals surface area contributed by atoms with Crippen LogP contribution in [0.5, 0.6) is 5.75 Å². The van der Waals surface area contributed by atoms with Crippen LogP contribution in [0.1, 0.15) is 76.3 Å². The Morgan fingerprint density at radius 3 is 2.81 bits per heavy atom. The first-order valence-corrected chi connectivity index (χ1v) is 11.1. The van der Waals surface area contributed by atoms with E-state index in [9.17, 15) is 0 Å². The zero-order valence-electron chi connectivity index (χ0n) is 17.1. The lowest BCUT2D eigenvalue weighted by molar-refractivity contribution is -0.0137. The molecule has 1 saturated heterocycles. The predicted octanol–water partition coefficient (Wildman–Crippen LogP) is 5.58. The van der Waals surface area contributed by atoms with E-state index in [-0.39, 0.29) is 0 Å². The topological polar surface area (TPSA) is 12.5 Å². The fraction of sp³-hybridized carbons (Fsp3) is 0.750. The quantitative estimate of drug-likeness (QED) is 0.660. The summed E-state index contributed by atoms with van der Waals surface area (Å²) in [5, 5.41) is 0. The molecule has 0 N–H and O–H groups in total. The minimum absolute atomic E-state index is 0.441. The van der Waals surface area contributed by atoms with E-state index in [0.717, 1.165) is 23.6 Å². The van der Waals surface area contributed by atoms with Crippen LogP contribution in [0.3, 0.4) is 0 Å². The van der Waals surface area contributed by atoms with Crippen LogP contribution in [0.15, 0.2) is 18.2 Å². The standard InChI is InChI=1S/C24H37NO/c1-4-18(5-2)11-14-25-15-13-24-12-7-6-8-21(24)23(25)16-19-9-10-20(26-3)17-22(19)24/h9-10,17-18,21,23H,4-8,11-16H2,1-3H3/t21-,23+,24-/m0/s1. The summed E-state index contributed by atoms with van der Waals surface area (Å²) in [5.74, 6) is 2.83. The van der Waals surface area contributed by atoms with Gasteiger partial charge in [-0.3, -0.25) is 4.90 Å². The Hall–Kier alpha value is -1.02. The van der Waals surface area contributed by atoms with Gasteiger partial charge in [-0.25, -0.2) is 0 Å². The molecule has 2 aliphatic carbocycles. The van der Waals surface area contributed by atoms with Crippen molar-refractivity contribution in [2.75, 3.05) is 20.2 Å². The minimum Gasteiger partial charge on any atom is -0.497 e. The molecule has 2 heteroatoms. The molecule has 1 saturated carbocycles. The van der Waals surface area contributed by atoms with Gasteiger partial charge < -0.3 is 4.74 Å². The molecule has 3 atom stereocenters. The van der Waals surface area contributed by atoms with Gasteiger partial charge in [-0.1, -0.05) is 45.6 Å². The average molecular weight is 356 g/mol. The van der Waals surface area contributed by atoms with Crippen molar-refractivity contribution in [1.29, 1.82) is 0 Å². The summed E-state index contributed by atoms with van der Waals surface area (Å²) in [5.41, 5.74) is 3.70. The highest BCUT2D eigenvalue weighted by Gasteiger charge is 2.53. The molecule has 0 aromatic heterocycles. The number of fused-ring (bicyclic) bond motifs is 1. The SMILES string of the molecule is CCC(CC)CCN1CC[C@@]23CCCC[C@H]2[C@H]1Cc1ccc(OC)cc13. The first-order chi connectivity index (χ1) is 12.7. The molecule has 1 aromatic rings. The Morgan fingerprint density at radius 1 is 1.19 bits per heavy atom. The van der Waals surface area contributed by atoms with E-state index in [1.54, 1.807) is 11.1 Å². The first kappa shape index (κ1) is 18.3. The summed E-state index contributed by atoms with van der Waals surface area (Å²) in [6, 6.07) is 7.73. The summed E-state index contributed by atoms with van der Waals surface area (Å²) in [6.07, 6.45) is 12.4. The largest absolute Gasteiger partial charge is 0.497 e. The van der Waals surface area contributed by atoms with Crippen molar-refractivity contribution in [3.05, 3.63) is 29.3 Å². The lowest BCUT2D eigenvalue weighted by Crippen LogP contribution is -2.61. The van der Waals surface area contributed by atoms with Crippen LogP contribution in [0.4, 0.5) is 0 Å². The van der Waals surface area contributed by atoms with E-state index >= 15 is 0 Å². The third-order valence-electron chi connectivity index (χ3n) is 8.14. The molecule has 2 fully saturated rings. The van der Waals surface area contributed by atoms with Crippen molar-refractivity contribution in [1.82, 2.24) is 4.90 Å². The summed E-state index contributed by atoms with van der Waals surface area (Å²) in [4.78, 5) is 2.89. The first-order valence-electron chi connectivity index (χ1n) is 11.1. The number of likely N-dealkylation sites (tertiary alicyclic amines) is 1. The van der Waals surface area contributed by atoms with E-state index in [2.05, 4.69) is 36.9 Å². The van der Waals surface area contributed by atoms with Crippen molar-refractivity contribution in [3.63, 3.8) is 0 Å². The monoisotopic (exact) mass is 355 g/mol. The maximum Gasteiger partial charge on any atom is 0.119 e. The van der Waals surface area contributed by atoms with Crippen LogP contribution in [0.2, 0.25) is 0 Å². The van der Waals surface area contributed by atoms with Gasteiger partial charge in [0.15, 0.2) is 0 Å². The average Bonchev–Trinajstić information content (AvgIpc) is 2.69. The summed E-state index contributed by atoms with van der Waals surface area (Å²) < 4.78 is 5.59. The molecule has 1 aliphatic heterocycles. The number of nitrogens with zero attached hydrogens (tertiary/aromatic N) is 1. The number of methoxy groups -OCH3 is 1. The van der Waals surface area contributed by atoms with Gasteiger partial charge in [0, 0.05) is 11.5 Å². The number of ether oxygens (including phenoxy) is 1. The molecule has 2 nitrogen and oxygen atoms in total. The van der Waals surface area contributed by atoms with Gasteiger partial charge in [0.05, 0.1) is 7.11 Å². The molecule has 0 spiro atoms. The number of rotatable bonds is 6. The highest BCUT2D eigenvalue weighted by atomic mass is 16.5. The van der Waals surface area contributed by atoms with E-state index in [1.807, 2.05) is 7.11 Å². The third kappa shape index (κ3) is 2.99. The Balaban J connectivity index is 1.63. The normalized spacial score (nSPS) is 30.8. The number of piperidine rings is 1. The minimum atomic E-state index is 0.441. The fourth-order valence-corrected chi connectivity index (χ4v) is 6.51. The maximum absolute atomic E-state index is 5.59. The molecule has 26 heavy (non-hydrogen) atoms. The van der Waals surface area contributed by atoms with Crippen molar-refractivity contribution < 1.29 is 4.74 Å². The van der Waals surface area contributed by atoms with Gasteiger partial charge >= 0.3 is 0 Å². The molecular weight excluding hydrogens is 318 g/mol. The number of hydrogen-bond donors (Lipinski definition) is 0. The van der Waals surface area contributed by atoms with Gasteiger partial charge in [-0.2, -0.15) is 0 Å². The molecule has 1 aromatic carbocycles. The maximum atomic E-state index is 5.59. The van der Waals surface area contributed by atoms with Crippen molar-refractivity contribution in [2.45, 2.75) is 83.1 Å². The molecule has 1 heterocycles. The molecule has 0 radical (unpaired) electrons. The molecule has 4 rings (SSSR count). The second-order valence-corrected chi connectivity index (χ2v) is 9.06. The van der Waals surface area contributed by atoms with Crippen molar-refractivity contribution >= 4 is 0 Å². The Kier molecular flexibility index (Phi) is 5.32. The smallest absolute Gasteiger partial charge is 0.119 e. The summed E-state index contributed by atoms with van der Waals surface area (Å²) in [6.45, 7) is 7.34. The van der Waals surface area contributed by atoms with Crippen LogP contribution in [-0.2, 0) is 11.8 Å². The van der Waals surface area contributed by atoms with E-state index in [0.29, 0.717) is 5.41 Å². The van der Waals surface area contributed by atoms with Crippen LogP contribution in [0.25, 0.3) is 0 Å². The van der Waals surface area contributed by atoms with E-state index in [4.69, 9.17) is 4.74 Å². The Morgan fingerprint density at radius 2 is 2.04 bits per heavy atom. The molecule has 0 amide bonds. The van der Waals surface area contributed by atoms with Crippen LogP contribution in [-0.4, -0.2) is 31.1 Å². The third-order valence-corrected chi connectivity index (χ3v) is 8.14. The molecule has 144 valence electrons. The lowest BCUT2D eigenvalue weighted by atomic mass is 9.52.